The molecule has 24 heavy (non-hydrogen) atoms. The summed E-state index contributed by atoms with van der Waals surface area (Å²) in [5.41, 5.74) is 1.89. The van der Waals surface area contributed by atoms with Crippen molar-refractivity contribution in [3.63, 3.8) is 0 Å². The van der Waals surface area contributed by atoms with Gasteiger partial charge in [-0.1, -0.05) is 29.8 Å². The number of carbonyl (C=O) groups excluding carboxylic acids is 1. The van der Waals surface area contributed by atoms with E-state index < -0.39 is 0 Å². The van der Waals surface area contributed by atoms with Gasteiger partial charge in [0.2, 0.25) is 0 Å². The first-order valence-electron chi connectivity index (χ1n) is 7.46. The van der Waals surface area contributed by atoms with Crippen molar-refractivity contribution in [3.05, 3.63) is 59.2 Å². The van der Waals surface area contributed by atoms with Crippen LogP contribution in [0.5, 0.6) is 11.5 Å². The molecule has 2 heterocycles. The summed E-state index contributed by atoms with van der Waals surface area (Å²) in [6, 6.07) is 12.8. The third-order valence-corrected chi connectivity index (χ3v) is 3.99. The molecule has 0 atom stereocenters. The SMILES string of the molecule is O=C(Nc1cnc2ccccc2c1)c1cc(Cl)c2c(c1)OCCO2. The van der Waals surface area contributed by atoms with Crippen molar-refractivity contribution in [2.45, 2.75) is 0 Å². The molecule has 0 bridgehead atoms. The third-order valence-electron chi connectivity index (χ3n) is 3.71. The maximum absolute atomic E-state index is 12.5. The van der Waals surface area contributed by atoms with Gasteiger partial charge in [0, 0.05) is 10.9 Å². The van der Waals surface area contributed by atoms with Gasteiger partial charge < -0.3 is 14.8 Å². The van der Waals surface area contributed by atoms with Gasteiger partial charge in [-0.05, 0) is 24.3 Å². The first-order chi connectivity index (χ1) is 11.7. The topological polar surface area (TPSA) is 60.5 Å². The van der Waals surface area contributed by atoms with Gasteiger partial charge in [-0.3, -0.25) is 9.78 Å². The molecule has 1 aliphatic rings. The summed E-state index contributed by atoms with van der Waals surface area (Å²) in [6.45, 7) is 0.879. The number of ether oxygens (including phenoxy) is 2. The molecule has 0 saturated carbocycles. The number of hydrogen-bond acceptors (Lipinski definition) is 4. The summed E-state index contributed by atoms with van der Waals surface area (Å²) in [5, 5.41) is 4.14. The van der Waals surface area contributed by atoms with Crippen LogP contribution in [0, 0.1) is 0 Å². The Morgan fingerprint density at radius 3 is 2.88 bits per heavy atom. The van der Waals surface area contributed by atoms with Crippen LogP contribution in [0.3, 0.4) is 0 Å². The predicted octanol–water partition coefficient (Wildman–Crippen LogP) is 3.91. The van der Waals surface area contributed by atoms with Crippen LogP contribution in [0.15, 0.2) is 48.7 Å². The number of halogens is 1. The summed E-state index contributed by atoms with van der Waals surface area (Å²) >= 11 is 6.18. The van der Waals surface area contributed by atoms with Gasteiger partial charge in [0.1, 0.15) is 13.2 Å². The molecule has 5 nitrogen and oxygen atoms in total. The Morgan fingerprint density at radius 1 is 1.12 bits per heavy atom. The van der Waals surface area contributed by atoms with Crippen molar-refractivity contribution in [2.24, 2.45) is 0 Å². The molecule has 0 fully saturated rings. The van der Waals surface area contributed by atoms with Crippen LogP contribution in [0.2, 0.25) is 5.02 Å². The number of pyridine rings is 1. The monoisotopic (exact) mass is 340 g/mol. The van der Waals surface area contributed by atoms with Crippen LogP contribution in [-0.4, -0.2) is 24.1 Å². The molecule has 2 aromatic carbocycles. The zero-order valence-corrected chi connectivity index (χ0v) is 13.3. The molecule has 1 aromatic heterocycles. The number of benzene rings is 2. The molecule has 1 amide bonds. The van der Waals surface area contributed by atoms with Crippen molar-refractivity contribution < 1.29 is 14.3 Å². The average Bonchev–Trinajstić information content (AvgIpc) is 2.61. The third kappa shape index (κ3) is 2.74. The van der Waals surface area contributed by atoms with E-state index in [1.165, 1.54) is 0 Å². The van der Waals surface area contributed by atoms with E-state index in [-0.39, 0.29) is 5.91 Å². The largest absolute Gasteiger partial charge is 0.486 e. The molecule has 0 saturated heterocycles. The second-order valence-corrected chi connectivity index (χ2v) is 5.76. The molecule has 1 aliphatic heterocycles. The van der Waals surface area contributed by atoms with Crippen LogP contribution in [0.25, 0.3) is 10.9 Å². The quantitative estimate of drug-likeness (QED) is 0.768. The number of rotatable bonds is 2. The highest BCUT2D eigenvalue weighted by Gasteiger charge is 2.19. The molecule has 0 spiro atoms. The lowest BCUT2D eigenvalue weighted by Crippen LogP contribution is -2.17. The number of hydrogen-bond donors (Lipinski definition) is 1. The Balaban J connectivity index is 1.62. The van der Waals surface area contributed by atoms with Crippen molar-refractivity contribution in [1.82, 2.24) is 4.98 Å². The lowest BCUT2D eigenvalue weighted by atomic mass is 10.1. The molecule has 0 radical (unpaired) electrons. The van der Waals surface area contributed by atoms with Gasteiger partial charge in [-0.2, -0.15) is 0 Å². The van der Waals surface area contributed by atoms with E-state index in [2.05, 4.69) is 10.3 Å². The fourth-order valence-corrected chi connectivity index (χ4v) is 2.85. The molecule has 4 rings (SSSR count). The lowest BCUT2D eigenvalue weighted by Gasteiger charge is -2.20. The maximum atomic E-state index is 12.5. The number of carbonyl (C=O) groups is 1. The van der Waals surface area contributed by atoms with Crippen molar-refractivity contribution >= 4 is 34.1 Å². The Kier molecular flexibility index (Phi) is 3.70. The average molecular weight is 341 g/mol. The van der Waals surface area contributed by atoms with Crippen LogP contribution < -0.4 is 14.8 Å². The number of nitrogens with zero attached hydrogens (tertiary/aromatic N) is 1. The number of aromatic nitrogens is 1. The van der Waals surface area contributed by atoms with E-state index in [0.29, 0.717) is 41.0 Å². The van der Waals surface area contributed by atoms with Gasteiger partial charge in [0.05, 0.1) is 22.4 Å². The summed E-state index contributed by atoms with van der Waals surface area (Å²) < 4.78 is 11.0. The van der Waals surface area contributed by atoms with Gasteiger partial charge in [0.15, 0.2) is 11.5 Å². The van der Waals surface area contributed by atoms with E-state index in [1.54, 1.807) is 18.3 Å². The zero-order valence-electron chi connectivity index (χ0n) is 12.6. The molecule has 120 valence electrons. The fraction of sp³-hybridized carbons (Fsp3) is 0.111. The number of fused-ring (bicyclic) bond motifs is 2. The van der Waals surface area contributed by atoms with Crippen molar-refractivity contribution in [3.8, 4) is 11.5 Å². The number of amides is 1. The Labute approximate surface area is 143 Å². The molecule has 0 unspecified atom stereocenters. The minimum absolute atomic E-state index is 0.286. The van der Waals surface area contributed by atoms with E-state index in [4.69, 9.17) is 21.1 Å². The van der Waals surface area contributed by atoms with Gasteiger partial charge >= 0.3 is 0 Å². The minimum Gasteiger partial charge on any atom is -0.486 e. The molecule has 1 N–H and O–H groups in total. The van der Waals surface area contributed by atoms with Crippen LogP contribution in [0.1, 0.15) is 10.4 Å². The molecular formula is C18H13ClN2O3. The van der Waals surface area contributed by atoms with E-state index in [0.717, 1.165) is 10.9 Å². The van der Waals surface area contributed by atoms with Crippen molar-refractivity contribution in [1.29, 1.82) is 0 Å². The van der Waals surface area contributed by atoms with E-state index in [9.17, 15) is 4.79 Å². The smallest absolute Gasteiger partial charge is 0.255 e. The number of nitrogens with one attached hydrogen (secondary N) is 1. The van der Waals surface area contributed by atoms with Crippen LogP contribution in [-0.2, 0) is 0 Å². The molecule has 0 aliphatic carbocycles. The molecule has 6 heteroatoms. The highest BCUT2D eigenvalue weighted by Crippen LogP contribution is 2.38. The highest BCUT2D eigenvalue weighted by molar-refractivity contribution is 6.32. The second-order valence-electron chi connectivity index (χ2n) is 5.35. The zero-order chi connectivity index (χ0) is 16.5. The first kappa shape index (κ1) is 14.8. The first-order valence-corrected chi connectivity index (χ1v) is 7.84. The summed E-state index contributed by atoms with van der Waals surface area (Å²) in [5.74, 6) is 0.674. The summed E-state index contributed by atoms with van der Waals surface area (Å²) in [4.78, 5) is 16.8. The van der Waals surface area contributed by atoms with E-state index >= 15 is 0 Å². The Morgan fingerprint density at radius 2 is 1.96 bits per heavy atom. The van der Waals surface area contributed by atoms with Gasteiger partial charge in [0.25, 0.3) is 5.91 Å². The second kappa shape index (κ2) is 6.02. The Bertz CT molecular complexity index is 943. The van der Waals surface area contributed by atoms with Gasteiger partial charge in [-0.25, -0.2) is 0 Å². The normalized spacial score (nSPS) is 12.9. The fourth-order valence-electron chi connectivity index (χ4n) is 2.58. The van der Waals surface area contributed by atoms with Crippen LogP contribution >= 0.6 is 11.6 Å². The van der Waals surface area contributed by atoms with Crippen LogP contribution in [0.4, 0.5) is 5.69 Å². The highest BCUT2D eigenvalue weighted by atomic mass is 35.5. The lowest BCUT2D eigenvalue weighted by molar-refractivity contribution is 0.102. The number of anilines is 1. The van der Waals surface area contributed by atoms with Crippen molar-refractivity contribution in [2.75, 3.05) is 18.5 Å². The summed E-state index contributed by atoms with van der Waals surface area (Å²) in [6.07, 6.45) is 1.62. The molecule has 3 aromatic rings. The van der Waals surface area contributed by atoms with E-state index in [1.807, 2.05) is 30.3 Å². The maximum Gasteiger partial charge on any atom is 0.255 e. The minimum atomic E-state index is -0.286. The summed E-state index contributed by atoms with van der Waals surface area (Å²) in [7, 11) is 0. The number of para-hydroxylation sites is 1. The standard InChI is InChI=1S/C18H13ClN2O3/c19-14-8-12(9-16-17(14)24-6-5-23-16)18(22)21-13-7-11-3-1-2-4-15(11)20-10-13/h1-4,7-10H,5-6H2,(H,21,22). The predicted molar refractivity (Wildman–Crippen MR) is 92.1 cm³/mol. The van der Waals surface area contributed by atoms with Gasteiger partial charge in [-0.15, -0.1) is 0 Å². The molecular weight excluding hydrogens is 328 g/mol. The Hall–Kier alpha value is -2.79.